The van der Waals surface area contributed by atoms with Crippen molar-refractivity contribution in [3.05, 3.63) is 119 Å². The number of methoxy groups -OCH3 is 2. The van der Waals surface area contributed by atoms with Crippen LogP contribution in [0.5, 0.6) is 17.2 Å². The Morgan fingerprint density at radius 1 is 0.814 bits per heavy atom. The van der Waals surface area contributed by atoms with Crippen molar-refractivity contribution in [3.8, 4) is 17.2 Å². The summed E-state index contributed by atoms with van der Waals surface area (Å²) in [5.41, 5.74) is 2.04. The molecular weight excluding hydrogens is 564 g/mol. The smallest absolute Gasteiger partial charge is 0.272 e. The molecule has 4 aromatic carbocycles. The monoisotopic (exact) mass is 596 g/mol. The minimum atomic E-state index is -0.540. The molecule has 0 saturated carbocycles. The first-order chi connectivity index (χ1) is 20.9. The molecule has 220 valence electrons. The molecule has 0 saturated heterocycles. The quantitative estimate of drug-likeness (QED) is 0.103. The molecule has 0 aliphatic rings. The van der Waals surface area contributed by atoms with Crippen molar-refractivity contribution in [1.29, 1.82) is 0 Å². The van der Waals surface area contributed by atoms with E-state index >= 15 is 0 Å². The number of hydrogen-bond acceptors (Lipinski definition) is 7. The van der Waals surface area contributed by atoms with Crippen LogP contribution in [-0.4, -0.2) is 44.2 Å². The van der Waals surface area contributed by atoms with Crippen LogP contribution in [0, 0.1) is 0 Å². The van der Waals surface area contributed by atoms with E-state index in [9.17, 15) is 14.4 Å². The van der Waals surface area contributed by atoms with Crippen LogP contribution in [0.15, 0.2) is 108 Å². The molecule has 0 fully saturated rings. The van der Waals surface area contributed by atoms with Crippen LogP contribution < -0.4 is 24.8 Å². The van der Waals surface area contributed by atoms with E-state index in [4.69, 9.17) is 14.2 Å². The molecule has 0 radical (unpaired) electrons. The molecule has 0 bridgehead atoms. The van der Waals surface area contributed by atoms with E-state index in [0.717, 1.165) is 4.90 Å². The van der Waals surface area contributed by atoms with Crippen molar-refractivity contribution < 1.29 is 28.6 Å². The van der Waals surface area contributed by atoms with E-state index in [1.807, 2.05) is 13.0 Å². The molecule has 2 N–H and O–H groups in total. The summed E-state index contributed by atoms with van der Waals surface area (Å²) in [6.45, 7) is 2.46. The van der Waals surface area contributed by atoms with Crippen LogP contribution in [0.1, 0.15) is 33.2 Å². The summed E-state index contributed by atoms with van der Waals surface area (Å²) in [4.78, 5) is 40.1. The number of para-hydroxylation sites is 1. The lowest BCUT2D eigenvalue weighted by Gasteiger charge is -2.14. The Labute approximate surface area is 255 Å². The molecule has 4 rings (SSSR count). The lowest BCUT2D eigenvalue weighted by Crippen LogP contribution is -2.30. The third-order valence-electron chi connectivity index (χ3n) is 6.21. The minimum absolute atomic E-state index is 0.00383. The van der Waals surface area contributed by atoms with Crippen LogP contribution in [-0.2, 0) is 4.79 Å². The van der Waals surface area contributed by atoms with Crippen molar-refractivity contribution in [2.75, 3.05) is 31.9 Å². The maximum atomic E-state index is 13.5. The van der Waals surface area contributed by atoms with E-state index in [-0.39, 0.29) is 17.2 Å². The van der Waals surface area contributed by atoms with Crippen LogP contribution in [0.2, 0.25) is 0 Å². The molecule has 8 nitrogen and oxygen atoms in total. The summed E-state index contributed by atoms with van der Waals surface area (Å²) >= 11 is 1.36. The van der Waals surface area contributed by atoms with Crippen molar-refractivity contribution >= 4 is 41.1 Å². The third-order valence-corrected chi connectivity index (χ3v) is 7.20. The van der Waals surface area contributed by atoms with Gasteiger partial charge in [0.2, 0.25) is 0 Å². The number of amides is 2. The van der Waals surface area contributed by atoms with Crippen LogP contribution in [0.4, 0.5) is 5.69 Å². The summed E-state index contributed by atoms with van der Waals surface area (Å²) in [5.74, 6) is 0.827. The molecule has 0 aromatic heterocycles. The Morgan fingerprint density at radius 3 is 2.26 bits per heavy atom. The standard InChI is InChI=1S/C34H32N2O6S/c1-4-42-27-18-16-23(17-19-27)30(37)22-43-28-14-9-13-26(21-28)35-34(39)29(36-33(38)24-10-6-5-7-11-24)20-25-12-8-15-31(40-2)32(25)41-3/h5-21H,4,22H2,1-3H3,(H,35,39)(H,36,38)/b29-20-. The fourth-order valence-electron chi connectivity index (χ4n) is 4.12. The molecule has 2 amide bonds. The molecule has 9 heteroatoms. The Hall–Kier alpha value is -5.02. The summed E-state index contributed by atoms with van der Waals surface area (Å²) in [6, 6.07) is 28.1. The molecule has 0 atom stereocenters. The second-order valence-electron chi connectivity index (χ2n) is 9.11. The lowest BCUT2D eigenvalue weighted by atomic mass is 10.1. The topological polar surface area (TPSA) is 103 Å². The first kappa shape index (κ1) is 30.9. The van der Waals surface area contributed by atoms with Gasteiger partial charge in [0.25, 0.3) is 11.8 Å². The highest BCUT2D eigenvalue weighted by Gasteiger charge is 2.18. The van der Waals surface area contributed by atoms with E-state index in [0.29, 0.717) is 46.2 Å². The van der Waals surface area contributed by atoms with Crippen LogP contribution in [0.25, 0.3) is 6.08 Å². The van der Waals surface area contributed by atoms with Crippen molar-refractivity contribution in [2.24, 2.45) is 0 Å². The molecule has 0 aliphatic heterocycles. The third kappa shape index (κ3) is 8.50. The highest BCUT2D eigenvalue weighted by atomic mass is 32.2. The first-order valence-electron chi connectivity index (χ1n) is 13.5. The molecule has 0 heterocycles. The largest absolute Gasteiger partial charge is 0.494 e. The number of carbonyl (C=O) groups excluding carboxylic acids is 3. The maximum absolute atomic E-state index is 13.5. The number of anilines is 1. The molecule has 43 heavy (non-hydrogen) atoms. The SMILES string of the molecule is CCOc1ccc(C(=O)CSc2cccc(NC(=O)/C(=C/c3cccc(OC)c3OC)NC(=O)c3ccccc3)c2)cc1. The number of hydrogen-bond donors (Lipinski definition) is 2. The van der Waals surface area contributed by atoms with Gasteiger partial charge in [-0.1, -0.05) is 36.4 Å². The van der Waals surface area contributed by atoms with E-state index < -0.39 is 11.8 Å². The maximum Gasteiger partial charge on any atom is 0.272 e. The molecular formula is C34H32N2O6S. The average molecular weight is 597 g/mol. The van der Waals surface area contributed by atoms with Crippen LogP contribution in [0.3, 0.4) is 0 Å². The Kier molecular flexibility index (Phi) is 11.0. The van der Waals surface area contributed by atoms with Gasteiger partial charge in [-0.2, -0.15) is 0 Å². The van der Waals surface area contributed by atoms with Gasteiger partial charge in [0, 0.05) is 27.3 Å². The second-order valence-corrected chi connectivity index (χ2v) is 10.2. The summed E-state index contributed by atoms with van der Waals surface area (Å²) in [5, 5.41) is 5.59. The summed E-state index contributed by atoms with van der Waals surface area (Å²) in [6.07, 6.45) is 1.53. The van der Waals surface area contributed by atoms with Crippen LogP contribution >= 0.6 is 11.8 Å². The fraction of sp³-hybridized carbons (Fsp3) is 0.147. The highest BCUT2D eigenvalue weighted by molar-refractivity contribution is 8.00. The van der Waals surface area contributed by atoms with Crippen molar-refractivity contribution in [3.63, 3.8) is 0 Å². The first-order valence-corrected chi connectivity index (χ1v) is 14.5. The number of benzene rings is 4. The highest BCUT2D eigenvalue weighted by Crippen LogP contribution is 2.32. The van der Waals surface area contributed by atoms with Crippen molar-refractivity contribution in [1.82, 2.24) is 5.32 Å². The fourth-order valence-corrected chi connectivity index (χ4v) is 4.97. The van der Waals surface area contributed by atoms with Gasteiger partial charge in [0.15, 0.2) is 17.3 Å². The Balaban J connectivity index is 1.52. The van der Waals surface area contributed by atoms with Crippen molar-refractivity contribution in [2.45, 2.75) is 11.8 Å². The molecule has 0 spiro atoms. The van der Waals surface area contributed by atoms with Gasteiger partial charge in [0.1, 0.15) is 11.4 Å². The zero-order chi connectivity index (χ0) is 30.6. The predicted molar refractivity (Wildman–Crippen MR) is 169 cm³/mol. The number of carbonyl (C=O) groups is 3. The minimum Gasteiger partial charge on any atom is -0.494 e. The molecule has 0 unspecified atom stereocenters. The molecule has 4 aromatic rings. The zero-order valence-electron chi connectivity index (χ0n) is 24.1. The summed E-state index contributed by atoms with van der Waals surface area (Å²) < 4.78 is 16.3. The van der Waals surface area contributed by atoms with Gasteiger partial charge in [-0.15, -0.1) is 11.8 Å². The summed E-state index contributed by atoms with van der Waals surface area (Å²) in [7, 11) is 3.02. The van der Waals surface area contributed by atoms with Gasteiger partial charge in [0.05, 0.1) is 26.6 Å². The van der Waals surface area contributed by atoms with Gasteiger partial charge < -0.3 is 24.8 Å². The average Bonchev–Trinajstić information content (AvgIpc) is 3.04. The predicted octanol–water partition coefficient (Wildman–Crippen LogP) is 6.49. The Morgan fingerprint density at radius 2 is 1.56 bits per heavy atom. The zero-order valence-corrected chi connectivity index (χ0v) is 24.9. The van der Waals surface area contributed by atoms with Gasteiger partial charge >= 0.3 is 0 Å². The molecule has 0 aliphatic carbocycles. The lowest BCUT2D eigenvalue weighted by molar-refractivity contribution is -0.113. The number of ketones is 1. The van der Waals surface area contributed by atoms with E-state index in [1.54, 1.807) is 91.0 Å². The van der Waals surface area contributed by atoms with E-state index in [1.165, 1.54) is 32.1 Å². The second kappa shape index (κ2) is 15.3. The van der Waals surface area contributed by atoms with Gasteiger partial charge in [-0.3, -0.25) is 14.4 Å². The normalized spacial score (nSPS) is 10.9. The van der Waals surface area contributed by atoms with E-state index in [2.05, 4.69) is 10.6 Å². The number of Topliss-reactive ketones (excluding diaryl/α,β-unsaturated/α-hetero) is 1. The van der Waals surface area contributed by atoms with Gasteiger partial charge in [-0.05, 0) is 73.7 Å². The Bertz CT molecular complexity index is 1600. The van der Waals surface area contributed by atoms with Gasteiger partial charge in [-0.25, -0.2) is 0 Å². The number of nitrogens with one attached hydrogen (secondary N) is 2. The number of ether oxygens (including phenoxy) is 3. The number of rotatable bonds is 13. The number of thioether (sulfide) groups is 1.